The fraction of sp³-hybridized carbons (Fsp3) is 0.318. The zero-order valence-corrected chi connectivity index (χ0v) is 18.4. The molecule has 3 N–H and O–H groups in total. The van der Waals surface area contributed by atoms with Crippen molar-refractivity contribution in [3.63, 3.8) is 0 Å². The van der Waals surface area contributed by atoms with Crippen LogP contribution in [0.15, 0.2) is 48.5 Å². The summed E-state index contributed by atoms with van der Waals surface area (Å²) in [5.74, 6) is 0.532. The molecule has 0 aliphatic rings. The van der Waals surface area contributed by atoms with Gasteiger partial charge in [0, 0.05) is 23.0 Å². The van der Waals surface area contributed by atoms with E-state index in [0.29, 0.717) is 22.5 Å². The van der Waals surface area contributed by atoms with Crippen LogP contribution in [0, 0.1) is 5.92 Å². The molecule has 0 saturated carbocycles. The summed E-state index contributed by atoms with van der Waals surface area (Å²) in [4.78, 5) is 6.13. The van der Waals surface area contributed by atoms with Gasteiger partial charge in [0.2, 0.25) is 0 Å². The number of halogens is 2. The second-order valence-corrected chi connectivity index (χ2v) is 9.18. The average Bonchev–Trinajstić information content (AvgIpc) is 3.05. The third kappa shape index (κ3) is 5.48. The van der Waals surface area contributed by atoms with Crippen LogP contribution in [0.1, 0.15) is 24.3 Å². The summed E-state index contributed by atoms with van der Waals surface area (Å²) < 4.78 is 0. The minimum Gasteiger partial charge on any atom is -0.357 e. The number of benzene rings is 2. The number of nitrogens with two attached hydrogens (primary N) is 1. The lowest BCUT2D eigenvalue weighted by Crippen LogP contribution is -2.30. The Morgan fingerprint density at radius 1 is 1.04 bits per heavy atom. The highest BCUT2D eigenvalue weighted by molar-refractivity contribution is 7.16. The van der Waals surface area contributed by atoms with Crippen molar-refractivity contribution in [3.8, 4) is 11.3 Å². The maximum atomic E-state index is 6.24. The highest BCUT2D eigenvalue weighted by atomic mass is 35.5. The van der Waals surface area contributed by atoms with Crippen LogP contribution in [0.3, 0.4) is 0 Å². The summed E-state index contributed by atoms with van der Waals surface area (Å²) in [5.41, 5.74) is 9.24. The van der Waals surface area contributed by atoms with Gasteiger partial charge in [0.25, 0.3) is 0 Å². The van der Waals surface area contributed by atoms with E-state index < -0.39 is 0 Å². The van der Waals surface area contributed by atoms with Gasteiger partial charge in [0.05, 0.1) is 15.7 Å². The number of hydrogen-bond donors (Lipinski definition) is 2. The van der Waals surface area contributed by atoms with Crippen molar-refractivity contribution in [2.75, 3.05) is 11.9 Å². The molecule has 0 radical (unpaired) electrons. The summed E-state index contributed by atoms with van der Waals surface area (Å²) in [5, 5.41) is 5.52. The molecular weight excluding hydrogens is 409 g/mol. The molecule has 0 bridgehead atoms. The number of hydrogen-bond acceptors (Lipinski definition) is 4. The molecule has 1 unspecified atom stereocenters. The Kier molecular flexibility index (Phi) is 7.36. The smallest absolute Gasteiger partial charge is 0.183 e. The summed E-state index contributed by atoms with van der Waals surface area (Å²) >= 11 is 14.0. The predicted octanol–water partition coefficient (Wildman–Crippen LogP) is 6.30. The standard InChI is InChI=1S/C22H25Cl2N3S/c1-14(2)10-20-21(16-8-9-18(23)19(24)12-16)27-22(28-20)26-17(13-25)11-15-6-4-3-5-7-15/h3-9,12,14,17H,10-11,13,25H2,1-2H3,(H,26,27). The van der Waals surface area contributed by atoms with Crippen LogP contribution in [0.2, 0.25) is 10.0 Å². The van der Waals surface area contributed by atoms with E-state index in [1.807, 2.05) is 24.3 Å². The Morgan fingerprint density at radius 3 is 2.43 bits per heavy atom. The Labute approximate surface area is 180 Å². The van der Waals surface area contributed by atoms with E-state index in [4.69, 9.17) is 33.9 Å². The van der Waals surface area contributed by atoms with Gasteiger partial charge < -0.3 is 11.1 Å². The van der Waals surface area contributed by atoms with E-state index in [2.05, 4.69) is 43.4 Å². The van der Waals surface area contributed by atoms with Gasteiger partial charge in [0.15, 0.2) is 5.13 Å². The van der Waals surface area contributed by atoms with E-state index in [0.717, 1.165) is 29.2 Å². The molecule has 1 atom stereocenters. The molecule has 3 nitrogen and oxygen atoms in total. The number of anilines is 1. The quantitative estimate of drug-likeness (QED) is 0.438. The number of nitrogens with zero attached hydrogens (tertiary/aromatic N) is 1. The van der Waals surface area contributed by atoms with E-state index in [9.17, 15) is 0 Å². The molecule has 0 fully saturated rings. The van der Waals surface area contributed by atoms with Gasteiger partial charge in [-0.05, 0) is 36.5 Å². The molecule has 3 aromatic rings. The first kappa shape index (κ1) is 21.1. The Hall–Kier alpha value is -1.59. The Bertz CT molecular complexity index is 909. The first-order valence-electron chi connectivity index (χ1n) is 9.42. The van der Waals surface area contributed by atoms with E-state index >= 15 is 0 Å². The third-order valence-corrected chi connectivity index (χ3v) is 6.17. The van der Waals surface area contributed by atoms with Crippen molar-refractivity contribution in [3.05, 3.63) is 69.0 Å². The van der Waals surface area contributed by atoms with Gasteiger partial charge in [0.1, 0.15) is 0 Å². The van der Waals surface area contributed by atoms with E-state index in [1.54, 1.807) is 11.3 Å². The number of rotatable bonds is 8. The molecule has 0 aliphatic heterocycles. The molecule has 2 aromatic carbocycles. The molecular formula is C22H25Cl2N3S. The van der Waals surface area contributed by atoms with Crippen LogP contribution >= 0.6 is 34.5 Å². The van der Waals surface area contributed by atoms with Gasteiger partial charge in [-0.2, -0.15) is 0 Å². The monoisotopic (exact) mass is 433 g/mol. The normalized spacial score (nSPS) is 12.4. The van der Waals surface area contributed by atoms with Crippen LogP contribution in [-0.2, 0) is 12.8 Å². The van der Waals surface area contributed by atoms with Crippen molar-refractivity contribution in [1.29, 1.82) is 0 Å². The van der Waals surface area contributed by atoms with Gasteiger partial charge in [-0.25, -0.2) is 4.98 Å². The maximum absolute atomic E-state index is 6.24. The lowest BCUT2D eigenvalue weighted by atomic mass is 10.0. The van der Waals surface area contributed by atoms with E-state index in [-0.39, 0.29) is 6.04 Å². The minimum absolute atomic E-state index is 0.127. The van der Waals surface area contributed by atoms with E-state index in [1.165, 1.54) is 10.4 Å². The largest absolute Gasteiger partial charge is 0.357 e. The number of thiazole rings is 1. The van der Waals surface area contributed by atoms with Crippen LogP contribution in [0.25, 0.3) is 11.3 Å². The van der Waals surface area contributed by atoms with Gasteiger partial charge in [-0.1, -0.05) is 73.4 Å². The van der Waals surface area contributed by atoms with Crippen LogP contribution in [0.5, 0.6) is 0 Å². The fourth-order valence-electron chi connectivity index (χ4n) is 3.06. The second-order valence-electron chi connectivity index (χ2n) is 7.28. The van der Waals surface area contributed by atoms with Crippen LogP contribution in [-0.4, -0.2) is 17.6 Å². The molecule has 0 amide bonds. The molecule has 1 aromatic heterocycles. The molecule has 6 heteroatoms. The third-order valence-electron chi connectivity index (χ3n) is 4.42. The van der Waals surface area contributed by atoms with Gasteiger partial charge >= 0.3 is 0 Å². The lowest BCUT2D eigenvalue weighted by Gasteiger charge is -2.16. The molecule has 148 valence electrons. The predicted molar refractivity (Wildman–Crippen MR) is 123 cm³/mol. The number of aromatic nitrogens is 1. The summed E-state index contributed by atoms with van der Waals surface area (Å²) in [7, 11) is 0. The highest BCUT2D eigenvalue weighted by Crippen LogP contribution is 2.36. The van der Waals surface area contributed by atoms with Crippen molar-refractivity contribution in [2.45, 2.75) is 32.7 Å². The summed E-state index contributed by atoms with van der Waals surface area (Å²) in [6.07, 6.45) is 1.82. The highest BCUT2D eigenvalue weighted by Gasteiger charge is 2.17. The SMILES string of the molecule is CC(C)Cc1sc(NC(CN)Cc2ccccc2)nc1-c1ccc(Cl)c(Cl)c1. The van der Waals surface area contributed by atoms with Gasteiger partial charge in [-0.3, -0.25) is 0 Å². The molecule has 0 saturated heterocycles. The molecule has 0 aliphatic carbocycles. The number of nitrogens with one attached hydrogen (secondary N) is 1. The molecule has 3 rings (SSSR count). The van der Waals surface area contributed by atoms with Crippen LogP contribution < -0.4 is 11.1 Å². The Balaban J connectivity index is 1.86. The Morgan fingerprint density at radius 2 is 1.79 bits per heavy atom. The van der Waals surface area contributed by atoms with Crippen molar-refractivity contribution >= 4 is 39.7 Å². The zero-order chi connectivity index (χ0) is 20.1. The maximum Gasteiger partial charge on any atom is 0.183 e. The topological polar surface area (TPSA) is 50.9 Å². The first-order chi connectivity index (χ1) is 13.5. The molecule has 1 heterocycles. The lowest BCUT2D eigenvalue weighted by molar-refractivity contribution is 0.654. The van der Waals surface area contributed by atoms with Gasteiger partial charge in [-0.15, -0.1) is 11.3 Å². The second kappa shape index (κ2) is 9.75. The summed E-state index contributed by atoms with van der Waals surface area (Å²) in [6, 6.07) is 16.2. The van der Waals surface area contributed by atoms with Crippen molar-refractivity contribution in [1.82, 2.24) is 4.98 Å². The summed E-state index contributed by atoms with van der Waals surface area (Å²) in [6.45, 7) is 4.96. The molecule has 28 heavy (non-hydrogen) atoms. The molecule has 0 spiro atoms. The van der Waals surface area contributed by atoms with Crippen molar-refractivity contribution in [2.24, 2.45) is 11.7 Å². The average molecular weight is 434 g/mol. The fourth-order valence-corrected chi connectivity index (χ4v) is 4.63. The first-order valence-corrected chi connectivity index (χ1v) is 11.0. The van der Waals surface area contributed by atoms with Crippen molar-refractivity contribution < 1.29 is 0 Å². The minimum atomic E-state index is 0.127. The van der Waals surface area contributed by atoms with Crippen LogP contribution in [0.4, 0.5) is 5.13 Å². The zero-order valence-electron chi connectivity index (χ0n) is 16.1.